The molecular formula is C21H19N5O6S2. The first kappa shape index (κ1) is 23.6. The summed E-state index contributed by atoms with van der Waals surface area (Å²) in [6.07, 6.45) is 2.68. The smallest absolute Gasteiger partial charge is 0.352 e. The number of fused-ring (bicyclic) bond motifs is 1. The molecule has 1 fully saturated rings. The Kier molecular flexibility index (Phi) is 7.03. The van der Waals surface area contributed by atoms with Gasteiger partial charge in [0, 0.05) is 11.5 Å². The molecule has 0 spiro atoms. The molecular weight excluding hydrogens is 482 g/mol. The molecule has 0 saturated carbocycles. The minimum absolute atomic E-state index is 0.00303. The van der Waals surface area contributed by atoms with Crippen molar-refractivity contribution >= 4 is 47.2 Å². The van der Waals surface area contributed by atoms with Crippen molar-refractivity contribution in [3.63, 3.8) is 0 Å². The number of carbonyl (C=O) groups excluding carboxylic acids is 3. The van der Waals surface area contributed by atoms with Crippen LogP contribution in [0.1, 0.15) is 10.5 Å². The second-order valence-electron chi connectivity index (χ2n) is 7.21. The van der Waals surface area contributed by atoms with E-state index in [1.165, 1.54) is 40.8 Å². The molecule has 3 amide bonds. The number of carboxylic acid groups (broad SMARTS) is 1. The van der Waals surface area contributed by atoms with Gasteiger partial charge in [0.05, 0.1) is 12.4 Å². The van der Waals surface area contributed by atoms with E-state index in [9.17, 15) is 24.3 Å². The van der Waals surface area contributed by atoms with Crippen molar-refractivity contribution in [3.8, 4) is 5.75 Å². The van der Waals surface area contributed by atoms with Crippen LogP contribution < -0.4 is 15.8 Å². The highest BCUT2D eigenvalue weighted by atomic mass is 32.2. The first-order chi connectivity index (χ1) is 16.3. The number of aromatic nitrogens is 2. The third-order valence-electron chi connectivity index (χ3n) is 4.94. The standard InChI is InChI=1S/C21H19N5O6S2/c22-18(28)13-6-23-7-15(24-13)33-9-11-10-34-20-16(19(29)26(20)17(11)21(30)31)25-14(27)8-32-12-4-2-1-3-5-12/h1-7,16,20H,8-10H2,(H2,22,28)(H,25,27)(H,30,31). The van der Waals surface area contributed by atoms with E-state index < -0.39 is 35.1 Å². The second kappa shape index (κ2) is 10.1. The van der Waals surface area contributed by atoms with Gasteiger partial charge in [-0.1, -0.05) is 18.2 Å². The van der Waals surface area contributed by atoms with Crippen molar-refractivity contribution in [1.82, 2.24) is 20.2 Å². The maximum atomic E-state index is 12.7. The zero-order chi connectivity index (χ0) is 24.2. The molecule has 0 radical (unpaired) electrons. The molecule has 11 nitrogen and oxygen atoms in total. The van der Waals surface area contributed by atoms with Gasteiger partial charge in [-0.2, -0.15) is 0 Å². The Bertz CT molecular complexity index is 1180. The fourth-order valence-electron chi connectivity index (χ4n) is 3.37. The first-order valence-corrected chi connectivity index (χ1v) is 12.0. The summed E-state index contributed by atoms with van der Waals surface area (Å²) in [6, 6.07) is 7.95. The third kappa shape index (κ3) is 4.99. The van der Waals surface area contributed by atoms with Crippen LogP contribution in [-0.4, -0.2) is 73.2 Å². The lowest BCUT2D eigenvalue weighted by Gasteiger charge is -2.49. The Balaban J connectivity index is 1.40. The van der Waals surface area contributed by atoms with E-state index in [0.717, 1.165) is 0 Å². The van der Waals surface area contributed by atoms with Gasteiger partial charge in [-0.05, 0) is 17.7 Å². The molecule has 2 aliphatic rings. The molecule has 2 aliphatic heterocycles. The summed E-state index contributed by atoms with van der Waals surface area (Å²) in [6.45, 7) is -0.264. The van der Waals surface area contributed by atoms with Crippen molar-refractivity contribution in [1.29, 1.82) is 0 Å². The molecule has 13 heteroatoms. The molecule has 3 heterocycles. The Hall–Kier alpha value is -3.58. The Morgan fingerprint density at radius 3 is 2.74 bits per heavy atom. The Morgan fingerprint density at radius 1 is 1.26 bits per heavy atom. The fraction of sp³-hybridized carbons (Fsp3) is 0.238. The van der Waals surface area contributed by atoms with E-state index in [2.05, 4.69) is 15.3 Å². The maximum Gasteiger partial charge on any atom is 0.352 e. The highest BCUT2D eigenvalue weighted by Crippen LogP contribution is 2.41. The van der Waals surface area contributed by atoms with E-state index in [1.807, 2.05) is 6.07 Å². The number of nitrogens with one attached hydrogen (secondary N) is 1. The van der Waals surface area contributed by atoms with Crippen molar-refractivity contribution in [3.05, 3.63) is 59.7 Å². The van der Waals surface area contributed by atoms with Crippen molar-refractivity contribution < 1.29 is 29.0 Å². The van der Waals surface area contributed by atoms with Gasteiger partial charge in [-0.25, -0.2) is 9.78 Å². The number of carbonyl (C=O) groups is 4. The third-order valence-corrected chi connectivity index (χ3v) is 7.26. The molecule has 176 valence electrons. The maximum absolute atomic E-state index is 12.7. The SMILES string of the molecule is NC(=O)c1cncc(SCC2=C(C(=O)O)N3C(=O)C(NC(=O)COc4ccccc4)C3SC2)n1. The van der Waals surface area contributed by atoms with Crippen molar-refractivity contribution in [2.24, 2.45) is 5.73 Å². The van der Waals surface area contributed by atoms with Crippen LogP contribution in [0.2, 0.25) is 0 Å². The number of hydrogen-bond donors (Lipinski definition) is 3. The number of primary amides is 1. The summed E-state index contributed by atoms with van der Waals surface area (Å²) in [4.78, 5) is 57.4. The second-order valence-corrected chi connectivity index (χ2v) is 9.31. The van der Waals surface area contributed by atoms with Crippen molar-refractivity contribution in [2.45, 2.75) is 16.4 Å². The van der Waals surface area contributed by atoms with Crippen molar-refractivity contribution in [2.75, 3.05) is 18.1 Å². The van der Waals surface area contributed by atoms with Gasteiger partial charge in [0.1, 0.15) is 33.6 Å². The summed E-state index contributed by atoms with van der Waals surface area (Å²) in [5, 5.41) is 12.3. The summed E-state index contributed by atoms with van der Waals surface area (Å²) in [5.41, 5.74) is 5.63. The number of β-lactam (4-membered cyclic amide) rings is 1. The van der Waals surface area contributed by atoms with Gasteiger partial charge >= 0.3 is 5.97 Å². The van der Waals surface area contributed by atoms with Crippen LogP contribution in [0, 0.1) is 0 Å². The van der Waals surface area contributed by atoms with E-state index in [-0.39, 0.29) is 23.8 Å². The summed E-state index contributed by atoms with van der Waals surface area (Å²) >= 11 is 2.54. The predicted octanol–water partition coefficient (Wildman–Crippen LogP) is 0.485. The van der Waals surface area contributed by atoms with Crippen LogP contribution >= 0.6 is 23.5 Å². The van der Waals surface area contributed by atoms with Gasteiger partial charge < -0.3 is 20.9 Å². The minimum Gasteiger partial charge on any atom is -0.484 e. The van der Waals surface area contributed by atoms with Gasteiger partial charge in [-0.3, -0.25) is 24.3 Å². The average molecular weight is 502 g/mol. The van der Waals surface area contributed by atoms with Gasteiger partial charge in [0.2, 0.25) is 0 Å². The topological polar surface area (TPSA) is 165 Å². The van der Waals surface area contributed by atoms with E-state index in [0.29, 0.717) is 22.1 Å². The number of ether oxygens (including phenoxy) is 1. The van der Waals surface area contributed by atoms with Gasteiger partial charge in [0.25, 0.3) is 17.7 Å². The summed E-state index contributed by atoms with van der Waals surface area (Å²) in [7, 11) is 0. The number of benzene rings is 1. The highest BCUT2D eigenvalue weighted by molar-refractivity contribution is 8.01. The molecule has 2 aromatic rings. The van der Waals surface area contributed by atoms with Crippen LogP contribution in [0.15, 0.2) is 59.0 Å². The van der Waals surface area contributed by atoms with Crippen LogP contribution in [0.5, 0.6) is 5.75 Å². The average Bonchev–Trinajstić information content (AvgIpc) is 2.84. The van der Waals surface area contributed by atoms with Crippen LogP contribution in [0.25, 0.3) is 0 Å². The molecule has 2 unspecified atom stereocenters. The number of hydrogen-bond acceptors (Lipinski definition) is 9. The fourth-order valence-corrected chi connectivity index (χ4v) is 5.71. The zero-order valence-electron chi connectivity index (χ0n) is 17.5. The molecule has 0 bridgehead atoms. The van der Waals surface area contributed by atoms with Gasteiger partial charge in [0.15, 0.2) is 6.61 Å². The normalized spacial score (nSPS) is 19.2. The first-order valence-electron chi connectivity index (χ1n) is 9.97. The molecule has 4 N–H and O–H groups in total. The highest BCUT2D eigenvalue weighted by Gasteiger charge is 2.54. The summed E-state index contributed by atoms with van der Waals surface area (Å²) < 4.78 is 5.39. The minimum atomic E-state index is -1.23. The lowest BCUT2D eigenvalue weighted by Crippen LogP contribution is -2.70. The zero-order valence-corrected chi connectivity index (χ0v) is 19.2. The number of thioether (sulfide) groups is 2. The molecule has 1 aromatic heterocycles. The quantitative estimate of drug-likeness (QED) is 0.325. The molecule has 34 heavy (non-hydrogen) atoms. The molecule has 1 aromatic carbocycles. The predicted molar refractivity (Wildman–Crippen MR) is 123 cm³/mol. The van der Waals surface area contributed by atoms with Crippen LogP contribution in [0.3, 0.4) is 0 Å². The largest absolute Gasteiger partial charge is 0.484 e. The number of carboxylic acids is 1. The number of nitrogens with two attached hydrogens (primary N) is 1. The molecule has 4 rings (SSSR count). The lowest BCUT2D eigenvalue weighted by atomic mass is 10.0. The van der Waals surface area contributed by atoms with E-state index >= 15 is 0 Å². The van der Waals surface area contributed by atoms with E-state index in [1.54, 1.807) is 24.3 Å². The number of amides is 3. The lowest BCUT2D eigenvalue weighted by molar-refractivity contribution is -0.150. The molecule has 2 atom stereocenters. The number of rotatable bonds is 9. The monoisotopic (exact) mass is 501 g/mol. The van der Waals surface area contributed by atoms with Crippen LogP contribution in [0.4, 0.5) is 0 Å². The Morgan fingerprint density at radius 2 is 2.03 bits per heavy atom. The Labute approximate surface area is 202 Å². The summed E-state index contributed by atoms with van der Waals surface area (Å²) in [5.74, 6) is -1.83. The molecule has 0 aliphatic carbocycles. The van der Waals surface area contributed by atoms with E-state index in [4.69, 9.17) is 10.5 Å². The number of nitrogens with zero attached hydrogens (tertiary/aromatic N) is 3. The van der Waals surface area contributed by atoms with Crippen LogP contribution in [-0.2, 0) is 14.4 Å². The van der Waals surface area contributed by atoms with Gasteiger partial charge in [-0.15, -0.1) is 23.5 Å². The molecule has 1 saturated heterocycles. The number of para-hydroxylation sites is 1. The number of aliphatic carboxylic acids is 1.